The third kappa shape index (κ3) is 4.09. The molecule has 1 aromatic rings. The van der Waals surface area contributed by atoms with Gasteiger partial charge in [0, 0.05) is 16.7 Å². The molecule has 0 bridgehead atoms. The Hall–Kier alpha value is -1.29. The van der Waals surface area contributed by atoms with Gasteiger partial charge in [-0.1, -0.05) is 12.1 Å². The minimum absolute atomic E-state index is 0.280. The molecule has 0 aliphatic carbocycles. The number of rotatable bonds is 4. The standard InChI is InChI=1S/C10H9FO2S/c11-8-3-1-4-9(7-8)14-6-2-5-10(12)13/h1-5,7H,6H2,(H,12,13). The van der Waals surface area contributed by atoms with Gasteiger partial charge in [0.1, 0.15) is 5.82 Å². The number of benzene rings is 1. The molecular formula is C10H9FO2S. The summed E-state index contributed by atoms with van der Waals surface area (Å²) in [6.45, 7) is 0. The first-order chi connectivity index (χ1) is 6.68. The van der Waals surface area contributed by atoms with E-state index in [1.54, 1.807) is 12.1 Å². The number of hydrogen-bond donors (Lipinski definition) is 1. The Labute approximate surface area is 85.4 Å². The molecule has 0 spiro atoms. The summed E-state index contributed by atoms with van der Waals surface area (Å²) in [7, 11) is 0. The lowest BCUT2D eigenvalue weighted by molar-refractivity contribution is -0.131. The number of carboxylic acids is 1. The monoisotopic (exact) mass is 212 g/mol. The van der Waals surface area contributed by atoms with Crippen LogP contribution in [0.2, 0.25) is 0 Å². The fourth-order valence-electron chi connectivity index (χ4n) is 0.850. The third-order valence-electron chi connectivity index (χ3n) is 1.40. The molecule has 2 nitrogen and oxygen atoms in total. The molecule has 0 atom stereocenters. The molecular weight excluding hydrogens is 203 g/mol. The highest BCUT2D eigenvalue weighted by Gasteiger charge is 1.94. The second-order valence-electron chi connectivity index (χ2n) is 2.51. The van der Waals surface area contributed by atoms with Gasteiger partial charge >= 0.3 is 5.97 Å². The summed E-state index contributed by atoms with van der Waals surface area (Å²) in [5.41, 5.74) is 0. The average Bonchev–Trinajstić information content (AvgIpc) is 2.12. The van der Waals surface area contributed by atoms with E-state index in [1.807, 2.05) is 0 Å². The van der Waals surface area contributed by atoms with Crippen LogP contribution in [0.1, 0.15) is 0 Å². The Bertz CT molecular complexity index is 350. The number of thioether (sulfide) groups is 1. The predicted molar refractivity (Wildman–Crippen MR) is 53.9 cm³/mol. The maximum atomic E-state index is 12.7. The summed E-state index contributed by atoms with van der Waals surface area (Å²) in [4.78, 5) is 10.9. The van der Waals surface area contributed by atoms with Gasteiger partial charge in [0.05, 0.1) is 0 Å². The number of carboxylic acid groups (broad SMARTS) is 1. The van der Waals surface area contributed by atoms with Crippen LogP contribution in [0.3, 0.4) is 0 Å². The number of hydrogen-bond acceptors (Lipinski definition) is 2. The largest absolute Gasteiger partial charge is 0.478 e. The average molecular weight is 212 g/mol. The molecule has 0 fully saturated rings. The second kappa shape index (κ2) is 5.44. The van der Waals surface area contributed by atoms with Gasteiger partial charge in [-0.25, -0.2) is 9.18 Å². The van der Waals surface area contributed by atoms with E-state index < -0.39 is 5.97 Å². The molecule has 14 heavy (non-hydrogen) atoms. The maximum absolute atomic E-state index is 12.7. The van der Waals surface area contributed by atoms with Gasteiger partial charge in [0.2, 0.25) is 0 Å². The van der Waals surface area contributed by atoms with Crippen molar-refractivity contribution in [2.24, 2.45) is 0 Å². The summed E-state index contributed by atoms with van der Waals surface area (Å²) < 4.78 is 12.7. The molecule has 1 aromatic carbocycles. The molecule has 0 saturated heterocycles. The molecule has 0 aliphatic rings. The zero-order valence-corrected chi connectivity index (χ0v) is 8.13. The first-order valence-corrected chi connectivity index (χ1v) is 4.95. The van der Waals surface area contributed by atoms with Gasteiger partial charge < -0.3 is 5.11 Å². The van der Waals surface area contributed by atoms with Crippen LogP contribution in [0.5, 0.6) is 0 Å². The van der Waals surface area contributed by atoms with Crippen molar-refractivity contribution < 1.29 is 14.3 Å². The molecule has 0 saturated carbocycles. The normalized spacial score (nSPS) is 10.6. The zero-order valence-electron chi connectivity index (χ0n) is 7.31. The highest BCUT2D eigenvalue weighted by Crippen LogP contribution is 2.18. The van der Waals surface area contributed by atoms with Crippen molar-refractivity contribution in [3.8, 4) is 0 Å². The maximum Gasteiger partial charge on any atom is 0.328 e. The van der Waals surface area contributed by atoms with E-state index >= 15 is 0 Å². The molecule has 0 heterocycles. The van der Waals surface area contributed by atoms with Gasteiger partial charge in [-0.3, -0.25) is 0 Å². The van der Waals surface area contributed by atoms with E-state index in [-0.39, 0.29) is 5.82 Å². The summed E-state index contributed by atoms with van der Waals surface area (Å²) in [5.74, 6) is -0.725. The third-order valence-corrected chi connectivity index (χ3v) is 2.35. The van der Waals surface area contributed by atoms with Crippen molar-refractivity contribution in [1.82, 2.24) is 0 Å². The van der Waals surface area contributed by atoms with Crippen LogP contribution in [-0.4, -0.2) is 16.8 Å². The number of aliphatic carboxylic acids is 1. The topological polar surface area (TPSA) is 37.3 Å². The number of halogens is 1. The molecule has 0 radical (unpaired) electrons. The van der Waals surface area contributed by atoms with Crippen LogP contribution in [0.4, 0.5) is 4.39 Å². The van der Waals surface area contributed by atoms with Crippen LogP contribution in [0.25, 0.3) is 0 Å². The highest BCUT2D eigenvalue weighted by atomic mass is 32.2. The minimum Gasteiger partial charge on any atom is -0.478 e. The zero-order chi connectivity index (χ0) is 10.4. The molecule has 0 aromatic heterocycles. The predicted octanol–water partition coefficient (Wildman–Crippen LogP) is 2.56. The Morgan fingerprint density at radius 1 is 1.57 bits per heavy atom. The fourth-order valence-corrected chi connectivity index (χ4v) is 1.61. The van der Waals surface area contributed by atoms with Crippen LogP contribution in [0.15, 0.2) is 41.3 Å². The van der Waals surface area contributed by atoms with E-state index in [0.29, 0.717) is 5.75 Å². The van der Waals surface area contributed by atoms with Gasteiger partial charge in [-0.2, -0.15) is 0 Å². The van der Waals surface area contributed by atoms with E-state index in [2.05, 4.69) is 0 Å². The summed E-state index contributed by atoms with van der Waals surface area (Å²) in [5, 5.41) is 8.30. The van der Waals surface area contributed by atoms with Crippen LogP contribution in [0, 0.1) is 5.82 Å². The molecule has 0 unspecified atom stereocenters. The Balaban J connectivity index is 2.42. The molecule has 74 valence electrons. The van der Waals surface area contributed by atoms with Crippen molar-refractivity contribution in [2.75, 3.05) is 5.75 Å². The fraction of sp³-hybridized carbons (Fsp3) is 0.100. The SMILES string of the molecule is O=C(O)C=CCSc1cccc(F)c1. The lowest BCUT2D eigenvalue weighted by atomic mass is 10.4. The molecule has 1 N–H and O–H groups in total. The van der Waals surface area contributed by atoms with Crippen molar-refractivity contribution in [3.05, 3.63) is 42.2 Å². The number of carbonyl (C=O) groups is 1. The molecule has 1 rings (SSSR count). The van der Waals surface area contributed by atoms with Crippen LogP contribution in [-0.2, 0) is 4.79 Å². The minimum atomic E-state index is -0.968. The smallest absolute Gasteiger partial charge is 0.328 e. The van der Waals surface area contributed by atoms with Gasteiger partial charge in [0.25, 0.3) is 0 Å². The lowest BCUT2D eigenvalue weighted by Gasteiger charge is -1.96. The van der Waals surface area contributed by atoms with Crippen LogP contribution < -0.4 is 0 Å². The lowest BCUT2D eigenvalue weighted by Crippen LogP contribution is -1.86. The van der Waals surface area contributed by atoms with Gasteiger partial charge in [-0.15, -0.1) is 11.8 Å². The van der Waals surface area contributed by atoms with E-state index in [0.717, 1.165) is 11.0 Å². The summed E-state index contributed by atoms with van der Waals surface area (Å²) in [6.07, 6.45) is 2.60. The van der Waals surface area contributed by atoms with Crippen molar-refractivity contribution >= 4 is 17.7 Å². The Morgan fingerprint density at radius 3 is 3.00 bits per heavy atom. The first kappa shape index (κ1) is 10.8. The first-order valence-electron chi connectivity index (χ1n) is 3.96. The Kier molecular flexibility index (Phi) is 4.19. The summed E-state index contributed by atoms with van der Waals surface area (Å²) in [6, 6.07) is 6.19. The second-order valence-corrected chi connectivity index (χ2v) is 3.60. The van der Waals surface area contributed by atoms with E-state index in [9.17, 15) is 9.18 Å². The van der Waals surface area contributed by atoms with Crippen LogP contribution >= 0.6 is 11.8 Å². The Morgan fingerprint density at radius 2 is 2.36 bits per heavy atom. The van der Waals surface area contributed by atoms with Gasteiger partial charge in [-0.05, 0) is 18.2 Å². The van der Waals surface area contributed by atoms with Crippen molar-refractivity contribution in [2.45, 2.75) is 4.90 Å². The van der Waals surface area contributed by atoms with E-state index in [1.165, 1.54) is 30.0 Å². The quantitative estimate of drug-likeness (QED) is 0.615. The molecule has 0 amide bonds. The van der Waals surface area contributed by atoms with Gasteiger partial charge in [0.15, 0.2) is 0 Å². The highest BCUT2D eigenvalue weighted by molar-refractivity contribution is 7.99. The van der Waals surface area contributed by atoms with E-state index in [4.69, 9.17) is 5.11 Å². The van der Waals surface area contributed by atoms with Crippen molar-refractivity contribution in [3.63, 3.8) is 0 Å². The molecule has 4 heteroatoms. The molecule has 0 aliphatic heterocycles. The summed E-state index contributed by atoms with van der Waals surface area (Å²) >= 11 is 1.39. The van der Waals surface area contributed by atoms with Crippen molar-refractivity contribution in [1.29, 1.82) is 0 Å².